The number of hydrogen-bond donors (Lipinski definition) is 0. The molecule has 4 aromatic rings. The van der Waals surface area contributed by atoms with Crippen LogP contribution in [0.15, 0.2) is 57.6 Å². The number of amides is 1. The highest BCUT2D eigenvalue weighted by molar-refractivity contribution is 7.98. The average molecular weight is 444 g/mol. The zero-order valence-electron chi connectivity index (χ0n) is 16.3. The zero-order chi connectivity index (χ0) is 21.1. The number of benzene rings is 1. The Labute approximate surface area is 180 Å². The molecule has 0 unspecified atom stereocenters. The summed E-state index contributed by atoms with van der Waals surface area (Å²) in [6.45, 7) is 4.10. The van der Waals surface area contributed by atoms with Crippen LogP contribution in [0.3, 0.4) is 0 Å². The molecule has 0 radical (unpaired) electrons. The summed E-state index contributed by atoms with van der Waals surface area (Å²) in [5.74, 6) is 1.10. The molecule has 7 nitrogen and oxygen atoms in total. The Morgan fingerprint density at radius 3 is 2.80 bits per heavy atom. The lowest BCUT2D eigenvalue weighted by atomic mass is 10.3. The summed E-state index contributed by atoms with van der Waals surface area (Å²) in [5.41, 5.74) is 0.958. The Morgan fingerprint density at radius 1 is 1.27 bits per heavy atom. The number of halogens is 1. The van der Waals surface area contributed by atoms with Gasteiger partial charge in [-0.3, -0.25) is 14.3 Å². The smallest absolute Gasteiger partial charge is 0.230 e. The van der Waals surface area contributed by atoms with Gasteiger partial charge in [-0.25, -0.2) is 9.37 Å². The van der Waals surface area contributed by atoms with Crippen LogP contribution >= 0.6 is 23.1 Å². The molecule has 0 aliphatic heterocycles. The minimum Gasteiger partial charge on any atom is -0.461 e. The van der Waals surface area contributed by atoms with E-state index in [1.807, 2.05) is 29.0 Å². The highest BCUT2D eigenvalue weighted by Crippen LogP contribution is 2.33. The van der Waals surface area contributed by atoms with Crippen molar-refractivity contribution in [1.29, 1.82) is 0 Å². The van der Waals surface area contributed by atoms with Crippen molar-refractivity contribution in [2.24, 2.45) is 0 Å². The molecule has 0 aliphatic carbocycles. The van der Waals surface area contributed by atoms with Crippen molar-refractivity contribution in [1.82, 2.24) is 19.7 Å². The lowest BCUT2D eigenvalue weighted by Crippen LogP contribution is -2.23. The number of aromatic nitrogens is 4. The van der Waals surface area contributed by atoms with Crippen LogP contribution in [-0.2, 0) is 17.1 Å². The second kappa shape index (κ2) is 8.80. The molecule has 0 fully saturated rings. The number of furan rings is 1. The van der Waals surface area contributed by atoms with E-state index in [1.165, 1.54) is 41.0 Å². The molecule has 3 heterocycles. The van der Waals surface area contributed by atoms with E-state index in [2.05, 4.69) is 15.2 Å². The summed E-state index contributed by atoms with van der Waals surface area (Å²) in [4.78, 5) is 18.0. The Balaban J connectivity index is 1.53. The van der Waals surface area contributed by atoms with Gasteiger partial charge in [0.2, 0.25) is 5.91 Å². The molecule has 154 valence electrons. The first-order valence-corrected chi connectivity index (χ1v) is 11.0. The van der Waals surface area contributed by atoms with Crippen LogP contribution in [0.5, 0.6) is 0 Å². The van der Waals surface area contributed by atoms with Crippen molar-refractivity contribution in [2.45, 2.75) is 31.3 Å². The third kappa shape index (κ3) is 4.01. The largest absolute Gasteiger partial charge is 0.461 e. The van der Waals surface area contributed by atoms with Crippen molar-refractivity contribution in [3.63, 3.8) is 0 Å². The first-order valence-electron chi connectivity index (χ1n) is 9.18. The lowest BCUT2D eigenvalue weighted by molar-refractivity contribution is -0.115. The van der Waals surface area contributed by atoms with Crippen molar-refractivity contribution < 1.29 is 13.6 Å². The van der Waals surface area contributed by atoms with Gasteiger partial charge in [-0.1, -0.05) is 23.9 Å². The zero-order valence-corrected chi connectivity index (χ0v) is 17.9. The molecule has 0 saturated heterocycles. The second-order valence-electron chi connectivity index (χ2n) is 6.24. The molecule has 0 aliphatic rings. The Kier molecular flexibility index (Phi) is 5.96. The molecule has 10 heteroatoms. The van der Waals surface area contributed by atoms with Gasteiger partial charge in [0.1, 0.15) is 5.82 Å². The highest BCUT2D eigenvalue weighted by Gasteiger charge is 2.21. The number of para-hydroxylation sites is 1. The van der Waals surface area contributed by atoms with E-state index in [9.17, 15) is 9.18 Å². The third-order valence-electron chi connectivity index (χ3n) is 4.26. The number of anilines is 2. The van der Waals surface area contributed by atoms with Crippen molar-refractivity contribution >= 4 is 39.8 Å². The molecule has 0 bridgehead atoms. The molecular formula is C20H18FN5O2S2. The van der Waals surface area contributed by atoms with Gasteiger partial charge in [-0.15, -0.1) is 21.5 Å². The molecule has 1 aromatic carbocycles. The van der Waals surface area contributed by atoms with Gasteiger partial charge in [-0.05, 0) is 31.2 Å². The van der Waals surface area contributed by atoms with Crippen molar-refractivity contribution in [3.8, 4) is 11.6 Å². The van der Waals surface area contributed by atoms with Crippen molar-refractivity contribution in [3.05, 3.63) is 59.6 Å². The number of carbonyl (C=O) groups is 1. The van der Waals surface area contributed by atoms with E-state index in [1.54, 1.807) is 24.5 Å². The second-order valence-corrected chi connectivity index (χ2v) is 8.02. The molecule has 0 N–H and O–H groups in total. The topological polar surface area (TPSA) is 77.1 Å². The summed E-state index contributed by atoms with van der Waals surface area (Å²) < 4.78 is 21.6. The molecule has 3 aromatic heterocycles. The van der Waals surface area contributed by atoms with Crippen LogP contribution in [0, 0.1) is 5.82 Å². The number of hydrogen-bond acceptors (Lipinski definition) is 7. The van der Waals surface area contributed by atoms with Gasteiger partial charge in [0.05, 0.1) is 17.6 Å². The summed E-state index contributed by atoms with van der Waals surface area (Å²) >= 11 is 2.78. The van der Waals surface area contributed by atoms with Crippen LogP contribution in [0.2, 0.25) is 0 Å². The fraction of sp³-hybridized carbons (Fsp3) is 0.200. The van der Waals surface area contributed by atoms with E-state index < -0.39 is 5.82 Å². The van der Waals surface area contributed by atoms with Crippen molar-refractivity contribution in [2.75, 3.05) is 4.90 Å². The van der Waals surface area contributed by atoms with E-state index in [0.717, 1.165) is 10.9 Å². The predicted octanol–water partition coefficient (Wildman–Crippen LogP) is 5.13. The van der Waals surface area contributed by atoms with Crippen LogP contribution in [0.1, 0.15) is 19.5 Å². The quantitative estimate of drug-likeness (QED) is 0.369. The Bertz CT molecular complexity index is 1160. The van der Waals surface area contributed by atoms with Gasteiger partial charge in [0.15, 0.2) is 21.9 Å². The summed E-state index contributed by atoms with van der Waals surface area (Å²) in [5, 5.41) is 11.5. The van der Waals surface area contributed by atoms with Crippen LogP contribution in [0.25, 0.3) is 11.6 Å². The van der Waals surface area contributed by atoms with Gasteiger partial charge >= 0.3 is 0 Å². The number of thiazole rings is 1. The number of carbonyl (C=O) groups excluding carboxylic acids is 1. The molecule has 0 spiro atoms. The van der Waals surface area contributed by atoms with E-state index in [0.29, 0.717) is 29.0 Å². The standard InChI is InChI=1S/C20H18FN5O2S2/c1-3-25-18(17-9-6-10-28-17)23-24-20(25)30-12-14-11-29-19(22-14)26(13(2)27)16-8-5-4-7-15(16)21/h4-11H,3,12H2,1-2H3. The highest BCUT2D eigenvalue weighted by atomic mass is 32.2. The van der Waals surface area contributed by atoms with Gasteiger partial charge < -0.3 is 4.42 Å². The lowest BCUT2D eigenvalue weighted by Gasteiger charge is -2.18. The first-order chi connectivity index (χ1) is 14.6. The molecule has 30 heavy (non-hydrogen) atoms. The summed E-state index contributed by atoms with van der Waals surface area (Å²) in [6.07, 6.45) is 1.60. The fourth-order valence-corrected chi connectivity index (χ4v) is 4.79. The molecular weight excluding hydrogens is 425 g/mol. The molecule has 0 atom stereocenters. The Morgan fingerprint density at radius 2 is 2.10 bits per heavy atom. The van der Waals surface area contributed by atoms with Gasteiger partial charge in [0, 0.05) is 24.6 Å². The van der Waals surface area contributed by atoms with Crippen LogP contribution in [0.4, 0.5) is 15.2 Å². The minimum absolute atomic E-state index is 0.187. The average Bonchev–Trinajstić information content (AvgIpc) is 3.48. The molecule has 0 saturated carbocycles. The Hall–Kier alpha value is -2.98. The molecule has 1 amide bonds. The maximum Gasteiger partial charge on any atom is 0.230 e. The van der Waals surface area contributed by atoms with Gasteiger partial charge in [-0.2, -0.15) is 0 Å². The molecule has 4 rings (SSSR count). The minimum atomic E-state index is -0.472. The maximum absolute atomic E-state index is 14.2. The number of nitrogens with zero attached hydrogens (tertiary/aromatic N) is 5. The summed E-state index contributed by atoms with van der Waals surface area (Å²) in [6, 6.07) is 9.81. The maximum atomic E-state index is 14.2. The normalized spacial score (nSPS) is 11.0. The van der Waals surface area contributed by atoms with E-state index in [-0.39, 0.29) is 11.6 Å². The van der Waals surface area contributed by atoms with Crippen LogP contribution in [-0.4, -0.2) is 25.7 Å². The fourth-order valence-electron chi connectivity index (χ4n) is 2.91. The van der Waals surface area contributed by atoms with Gasteiger partial charge in [0.25, 0.3) is 0 Å². The summed E-state index contributed by atoms with van der Waals surface area (Å²) in [7, 11) is 0. The number of rotatable bonds is 7. The van der Waals surface area contributed by atoms with E-state index in [4.69, 9.17) is 4.42 Å². The predicted molar refractivity (Wildman–Crippen MR) is 114 cm³/mol. The monoisotopic (exact) mass is 443 g/mol. The SMILES string of the molecule is CCn1c(SCc2csc(N(C(C)=O)c3ccccc3F)n2)nnc1-c1ccco1. The van der Waals surface area contributed by atoms with E-state index >= 15 is 0 Å². The number of thioether (sulfide) groups is 1. The van der Waals surface area contributed by atoms with Crippen LogP contribution < -0.4 is 4.90 Å². The third-order valence-corrected chi connectivity index (χ3v) is 6.14. The first kappa shape index (κ1) is 20.3.